The van der Waals surface area contributed by atoms with Gasteiger partial charge >= 0.3 is 5.97 Å². The number of amides is 2. The lowest BCUT2D eigenvalue weighted by molar-refractivity contribution is -0.143. The smallest absolute Gasteiger partial charge is 0.326 e. The van der Waals surface area contributed by atoms with Gasteiger partial charge in [0.25, 0.3) is 0 Å². The van der Waals surface area contributed by atoms with Gasteiger partial charge in [-0.2, -0.15) is 0 Å². The molecule has 8 nitrogen and oxygen atoms in total. The van der Waals surface area contributed by atoms with Crippen LogP contribution in [0.2, 0.25) is 0 Å². The van der Waals surface area contributed by atoms with Gasteiger partial charge in [-0.1, -0.05) is 0 Å². The van der Waals surface area contributed by atoms with E-state index in [4.69, 9.17) is 15.3 Å². The third kappa shape index (κ3) is 7.70. The first kappa shape index (κ1) is 18.3. The molecule has 3 atom stereocenters. The van der Waals surface area contributed by atoms with Crippen LogP contribution < -0.4 is 10.6 Å². The Labute approximate surface area is 117 Å². The lowest BCUT2D eigenvalue weighted by atomic mass is 10.1. The van der Waals surface area contributed by atoms with Gasteiger partial charge in [0.2, 0.25) is 11.8 Å². The molecule has 0 saturated heterocycles. The zero-order valence-corrected chi connectivity index (χ0v) is 11.6. The summed E-state index contributed by atoms with van der Waals surface area (Å²) in [6.45, 7) is 2.92. The first-order valence-corrected chi connectivity index (χ1v) is 6.42. The molecule has 116 valence electrons. The number of aliphatic hydroxyl groups excluding tert-OH is 2. The van der Waals surface area contributed by atoms with Crippen molar-refractivity contribution >= 4 is 17.8 Å². The number of aliphatic hydroxyl groups is 2. The van der Waals surface area contributed by atoms with Crippen LogP contribution in [0.5, 0.6) is 0 Å². The summed E-state index contributed by atoms with van der Waals surface area (Å²) in [6.07, 6.45) is -1.16. The Kier molecular flexibility index (Phi) is 8.49. The fraction of sp³-hybridized carbons (Fsp3) is 0.750. The van der Waals surface area contributed by atoms with Gasteiger partial charge in [-0.05, 0) is 33.1 Å². The molecule has 0 spiro atoms. The van der Waals surface area contributed by atoms with Gasteiger partial charge in [0, 0.05) is 6.54 Å². The van der Waals surface area contributed by atoms with E-state index in [-0.39, 0.29) is 6.42 Å². The average Bonchev–Trinajstić information content (AvgIpc) is 2.35. The maximum absolute atomic E-state index is 11.2. The predicted octanol–water partition coefficient (Wildman–Crippen LogP) is -1.40. The number of aliphatic carboxylic acids is 1. The molecule has 5 N–H and O–H groups in total. The van der Waals surface area contributed by atoms with Crippen LogP contribution in [-0.2, 0) is 14.4 Å². The number of carboxylic acid groups (broad SMARTS) is 1. The fourth-order valence-electron chi connectivity index (χ4n) is 1.38. The number of unbranched alkanes of at least 4 members (excludes halogenated alkanes) is 1. The minimum Gasteiger partial charge on any atom is -0.480 e. The normalized spacial score (nSPS) is 15.0. The molecule has 0 aromatic heterocycles. The van der Waals surface area contributed by atoms with E-state index in [1.165, 1.54) is 13.8 Å². The van der Waals surface area contributed by atoms with E-state index in [2.05, 4.69) is 10.6 Å². The van der Waals surface area contributed by atoms with Gasteiger partial charge in [-0.15, -0.1) is 0 Å². The molecule has 0 aliphatic rings. The summed E-state index contributed by atoms with van der Waals surface area (Å²) in [5, 5.41) is 31.5. The van der Waals surface area contributed by atoms with Crippen molar-refractivity contribution in [2.75, 3.05) is 6.54 Å². The highest BCUT2D eigenvalue weighted by Gasteiger charge is 2.21. The summed E-state index contributed by atoms with van der Waals surface area (Å²) in [5.41, 5.74) is 0. The van der Waals surface area contributed by atoms with Crippen molar-refractivity contribution in [2.45, 2.75) is 51.4 Å². The standard InChI is InChI=1S/C12H22N2O6/c1-7(15)10(17)13-6-4-3-5-9(12(19)20)14-11(18)8(2)16/h7-9,15-16H,3-6H2,1-2H3,(H,13,17)(H,14,18)(H,19,20)/t7-,8-,9-/m0/s1. The van der Waals surface area contributed by atoms with Gasteiger partial charge in [0.1, 0.15) is 18.2 Å². The second-order valence-electron chi connectivity index (χ2n) is 4.54. The quantitative estimate of drug-likeness (QED) is 0.331. The molecule has 0 radical (unpaired) electrons. The third-order valence-electron chi connectivity index (χ3n) is 2.59. The largest absolute Gasteiger partial charge is 0.480 e. The van der Waals surface area contributed by atoms with Crippen molar-refractivity contribution in [3.05, 3.63) is 0 Å². The van der Waals surface area contributed by atoms with Crippen molar-refractivity contribution in [3.63, 3.8) is 0 Å². The molecule has 0 aliphatic heterocycles. The molecule has 0 bridgehead atoms. The summed E-state index contributed by atoms with van der Waals surface area (Å²) in [4.78, 5) is 33.1. The van der Waals surface area contributed by atoms with Gasteiger partial charge in [0.15, 0.2) is 0 Å². The maximum atomic E-state index is 11.2. The Hall–Kier alpha value is -1.67. The van der Waals surface area contributed by atoms with E-state index in [1.54, 1.807) is 0 Å². The van der Waals surface area contributed by atoms with Crippen LogP contribution in [0, 0.1) is 0 Å². The van der Waals surface area contributed by atoms with Crippen LogP contribution in [0.25, 0.3) is 0 Å². The fourth-order valence-corrected chi connectivity index (χ4v) is 1.38. The van der Waals surface area contributed by atoms with Gasteiger partial charge < -0.3 is 26.0 Å². The minimum atomic E-state index is -1.26. The summed E-state index contributed by atoms with van der Waals surface area (Å²) in [7, 11) is 0. The van der Waals surface area contributed by atoms with Crippen LogP contribution in [0.3, 0.4) is 0 Å². The molecule has 8 heteroatoms. The second kappa shape index (κ2) is 9.27. The molecule has 0 unspecified atom stereocenters. The van der Waals surface area contributed by atoms with Gasteiger partial charge in [-0.3, -0.25) is 9.59 Å². The van der Waals surface area contributed by atoms with Gasteiger partial charge in [0.05, 0.1) is 0 Å². The second-order valence-corrected chi connectivity index (χ2v) is 4.54. The van der Waals surface area contributed by atoms with Crippen LogP contribution >= 0.6 is 0 Å². The molecule has 0 aliphatic carbocycles. The van der Waals surface area contributed by atoms with Crippen LogP contribution in [0.1, 0.15) is 33.1 Å². The Morgan fingerprint density at radius 1 is 1.00 bits per heavy atom. The molecular weight excluding hydrogens is 268 g/mol. The SMILES string of the molecule is C[C@H](O)C(=O)NCCCC[C@H](NC(=O)[C@H](C)O)C(=O)O. The number of hydrogen-bond donors (Lipinski definition) is 5. The van der Waals surface area contributed by atoms with Crippen LogP contribution in [-0.4, -0.2) is 57.9 Å². The molecule has 0 aromatic carbocycles. The molecule has 20 heavy (non-hydrogen) atoms. The Morgan fingerprint density at radius 2 is 1.55 bits per heavy atom. The van der Waals surface area contributed by atoms with Crippen molar-refractivity contribution in [1.82, 2.24) is 10.6 Å². The molecule has 2 amide bonds. The molecule has 0 fully saturated rings. The Morgan fingerprint density at radius 3 is 2.00 bits per heavy atom. The molecule has 0 saturated carbocycles. The van der Waals surface area contributed by atoms with Crippen molar-refractivity contribution in [2.24, 2.45) is 0 Å². The average molecular weight is 290 g/mol. The molecule has 0 rings (SSSR count). The first-order valence-electron chi connectivity index (χ1n) is 6.42. The van der Waals surface area contributed by atoms with Crippen molar-refractivity contribution in [3.8, 4) is 0 Å². The number of carbonyl (C=O) groups is 3. The molecular formula is C12H22N2O6. The molecule has 0 heterocycles. The van der Waals surface area contributed by atoms with E-state index in [0.29, 0.717) is 19.4 Å². The summed E-state index contributed by atoms with van der Waals surface area (Å²) < 4.78 is 0. The number of rotatable bonds is 9. The summed E-state index contributed by atoms with van der Waals surface area (Å²) >= 11 is 0. The predicted molar refractivity (Wildman–Crippen MR) is 69.8 cm³/mol. The van der Waals surface area contributed by atoms with Crippen molar-refractivity contribution in [1.29, 1.82) is 0 Å². The topological polar surface area (TPSA) is 136 Å². The van der Waals surface area contributed by atoms with E-state index in [0.717, 1.165) is 0 Å². The van der Waals surface area contributed by atoms with E-state index in [9.17, 15) is 14.4 Å². The van der Waals surface area contributed by atoms with Crippen LogP contribution in [0.4, 0.5) is 0 Å². The monoisotopic (exact) mass is 290 g/mol. The number of carbonyl (C=O) groups excluding carboxylic acids is 2. The number of hydrogen-bond acceptors (Lipinski definition) is 5. The highest BCUT2D eigenvalue weighted by atomic mass is 16.4. The Balaban J connectivity index is 3.96. The number of carboxylic acids is 1. The first-order chi connectivity index (χ1) is 9.25. The van der Waals surface area contributed by atoms with E-state index >= 15 is 0 Å². The van der Waals surface area contributed by atoms with Crippen LogP contribution in [0.15, 0.2) is 0 Å². The van der Waals surface area contributed by atoms with Gasteiger partial charge in [-0.25, -0.2) is 4.79 Å². The zero-order chi connectivity index (χ0) is 15.7. The lowest BCUT2D eigenvalue weighted by Gasteiger charge is -2.15. The number of nitrogens with one attached hydrogen (secondary N) is 2. The highest BCUT2D eigenvalue weighted by Crippen LogP contribution is 2.02. The van der Waals surface area contributed by atoms with E-state index < -0.39 is 36.0 Å². The zero-order valence-electron chi connectivity index (χ0n) is 11.6. The van der Waals surface area contributed by atoms with E-state index in [1.807, 2.05) is 0 Å². The molecule has 0 aromatic rings. The summed E-state index contributed by atoms with van der Waals surface area (Å²) in [6, 6.07) is -1.07. The summed E-state index contributed by atoms with van der Waals surface area (Å²) in [5.74, 6) is -2.39. The minimum absolute atomic E-state index is 0.193. The maximum Gasteiger partial charge on any atom is 0.326 e. The third-order valence-corrected chi connectivity index (χ3v) is 2.59. The Bertz CT molecular complexity index is 343. The highest BCUT2D eigenvalue weighted by molar-refractivity contribution is 5.85. The van der Waals surface area contributed by atoms with Crippen molar-refractivity contribution < 1.29 is 29.7 Å². The lowest BCUT2D eigenvalue weighted by Crippen LogP contribution is -2.44.